The minimum Gasteiger partial charge on any atom is -0.349 e. The van der Waals surface area contributed by atoms with Crippen molar-refractivity contribution in [1.29, 1.82) is 0 Å². The van der Waals surface area contributed by atoms with E-state index in [1.165, 1.54) is 11.3 Å². The van der Waals surface area contributed by atoms with Crippen LogP contribution in [-0.4, -0.2) is 59.0 Å². The molecule has 0 spiro atoms. The predicted octanol–water partition coefficient (Wildman–Crippen LogP) is 4.96. The minimum absolute atomic E-state index is 0.0249. The van der Waals surface area contributed by atoms with Gasteiger partial charge in [0.15, 0.2) is 0 Å². The third-order valence-corrected chi connectivity index (χ3v) is 9.12. The standard InChI is InChI=1S/C27H33F3N4O2S/c1-33-15-21-19(3-2-4-20(21)26(33)36)25(35)31-18-7-5-17(6-8-18)10-13-34-14-11-23-22(16-34)32-24(37-23)9-12-27(28,29)30/h2-4,17-18H,5-16H2,1H3,(H,31,35). The summed E-state index contributed by atoms with van der Waals surface area (Å²) in [6, 6.07) is 5.52. The molecule has 37 heavy (non-hydrogen) atoms. The van der Waals surface area contributed by atoms with Crippen LogP contribution in [0.15, 0.2) is 18.2 Å². The van der Waals surface area contributed by atoms with Crippen LogP contribution in [0.25, 0.3) is 0 Å². The highest BCUT2D eigenvalue weighted by Crippen LogP contribution is 2.31. The van der Waals surface area contributed by atoms with Crippen molar-refractivity contribution in [3.05, 3.63) is 50.5 Å². The van der Waals surface area contributed by atoms with Crippen LogP contribution in [0.4, 0.5) is 13.2 Å². The van der Waals surface area contributed by atoms with E-state index in [-0.39, 0.29) is 24.3 Å². The van der Waals surface area contributed by atoms with Gasteiger partial charge in [-0.15, -0.1) is 11.3 Å². The number of amides is 2. The zero-order valence-electron chi connectivity index (χ0n) is 21.1. The molecule has 1 aromatic carbocycles. The van der Waals surface area contributed by atoms with Crippen molar-refractivity contribution in [3.63, 3.8) is 0 Å². The largest absolute Gasteiger partial charge is 0.389 e. The Morgan fingerprint density at radius 2 is 1.97 bits per heavy atom. The molecule has 2 aromatic rings. The normalized spacial score (nSPS) is 22.2. The maximum atomic E-state index is 13.0. The first-order chi connectivity index (χ1) is 17.7. The molecule has 0 unspecified atom stereocenters. The molecular formula is C27H33F3N4O2S. The molecule has 0 saturated heterocycles. The van der Waals surface area contributed by atoms with E-state index < -0.39 is 12.6 Å². The number of rotatable bonds is 7. The lowest BCUT2D eigenvalue weighted by Gasteiger charge is -2.32. The summed E-state index contributed by atoms with van der Waals surface area (Å²) in [6.07, 6.45) is 1.00. The number of halogens is 3. The molecule has 3 heterocycles. The first-order valence-electron chi connectivity index (χ1n) is 13.1. The number of carbonyl (C=O) groups is 2. The highest BCUT2D eigenvalue weighted by atomic mass is 32.1. The Bertz CT molecular complexity index is 1160. The van der Waals surface area contributed by atoms with Gasteiger partial charge in [-0.1, -0.05) is 6.07 Å². The van der Waals surface area contributed by atoms with Crippen molar-refractivity contribution in [3.8, 4) is 0 Å². The molecule has 0 bridgehead atoms. The first kappa shape index (κ1) is 26.2. The van der Waals surface area contributed by atoms with Crippen LogP contribution in [0, 0.1) is 5.92 Å². The number of aryl methyl sites for hydroxylation is 1. The fraction of sp³-hybridized carbons (Fsp3) is 0.593. The van der Waals surface area contributed by atoms with E-state index in [0.717, 1.165) is 74.3 Å². The van der Waals surface area contributed by atoms with Crippen LogP contribution in [0.2, 0.25) is 0 Å². The number of nitrogens with one attached hydrogen (secondary N) is 1. The van der Waals surface area contributed by atoms with E-state index in [0.29, 0.717) is 28.6 Å². The van der Waals surface area contributed by atoms with Crippen molar-refractivity contribution >= 4 is 23.2 Å². The Kier molecular flexibility index (Phi) is 7.58. The molecule has 5 rings (SSSR count). The third-order valence-electron chi connectivity index (χ3n) is 7.90. The molecule has 0 radical (unpaired) electrons. The summed E-state index contributed by atoms with van der Waals surface area (Å²) in [6.45, 7) is 3.09. The monoisotopic (exact) mass is 534 g/mol. The van der Waals surface area contributed by atoms with E-state index in [1.807, 2.05) is 0 Å². The second-order valence-electron chi connectivity index (χ2n) is 10.6. The fourth-order valence-electron chi connectivity index (χ4n) is 5.76. The molecule has 10 heteroatoms. The lowest BCUT2D eigenvalue weighted by molar-refractivity contribution is -0.134. The molecule has 2 aliphatic heterocycles. The zero-order valence-corrected chi connectivity index (χ0v) is 21.9. The highest BCUT2D eigenvalue weighted by Gasteiger charge is 2.31. The van der Waals surface area contributed by atoms with Crippen LogP contribution in [0.5, 0.6) is 0 Å². The quantitative estimate of drug-likeness (QED) is 0.546. The summed E-state index contributed by atoms with van der Waals surface area (Å²) in [5.74, 6) is 0.483. The number of aromatic nitrogens is 1. The van der Waals surface area contributed by atoms with Crippen LogP contribution >= 0.6 is 11.3 Å². The van der Waals surface area contributed by atoms with Crippen molar-refractivity contribution in [2.45, 2.75) is 76.7 Å². The number of benzene rings is 1. The van der Waals surface area contributed by atoms with Crippen LogP contribution in [0.3, 0.4) is 0 Å². The molecular weight excluding hydrogens is 501 g/mol. The van der Waals surface area contributed by atoms with Crippen LogP contribution in [0.1, 0.15) is 80.4 Å². The Morgan fingerprint density at radius 1 is 1.19 bits per heavy atom. The summed E-state index contributed by atoms with van der Waals surface area (Å²) in [4.78, 5) is 34.9. The second-order valence-corrected chi connectivity index (χ2v) is 11.8. The molecule has 1 saturated carbocycles. The van der Waals surface area contributed by atoms with Crippen molar-refractivity contribution < 1.29 is 22.8 Å². The molecule has 0 atom stereocenters. The molecule has 2 amide bonds. The summed E-state index contributed by atoms with van der Waals surface area (Å²) in [7, 11) is 1.75. The van der Waals surface area contributed by atoms with E-state index >= 15 is 0 Å². The lowest BCUT2D eigenvalue weighted by atomic mass is 9.83. The van der Waals surface area contributed by atoms with E-state index in [1.54, 1.807) is 30.1 Å². The topological polar surface area (TPSA) is 65.5 Å². The van der Waals surface area contributed by atoms with Gasteiger partial charge in [0.2, 0.25) is 0 Å². The summed E-state index contributed by atoms with van der Waals surface area (Å²) in [5.41, 5.74) is 3.00. The maximum Gasteiger partial charge on any atom is 0.389 e. The summed E-state index contributed by atoms with van der Waals surface area (Å²) < 4.78 is 37.6. The van der Waals surface area contributed by atoms with Crippen molar-refractivity contribution in [1.82, 2.24) is 20.1 Å². The average molecular weight is 535 g/mol. The van der Waals surface area contributed by atoms with E-state index in [9.17, 15) is 22.8 Å². The second kappa shape index (κ2) is 10.7. The minimum atomic E-state index is -4.14. The van der Waals surface area contributed by atoms with Gasteiger partial charge in [0.05, 0.1) is 10.7 Å². The lowest BCUT2D eigenvalue weighted by Crippen LogP contribution is -2.38. The molecule has 1 N–H and O–H groups in total. The maximum absolute atomic E-state index is 13.0. The Labute approximate surface area is 219 Å². The molecule has 6 nitrogen and oxygen atoms in total. The number of alkyl halides is 3. The van der Waals surface area contributed by atoms with Gasteiger partial charge in [-0.05, 0) is 68.7 Å². The number of thiazole rings is 1. The Morgan fingerprint density at radius 3 is 2.73 bits per heavy atom. The zero-order chi connectivity index (χ0) is 26.2. The molecule has 200 valence electrons. The number of hydrogen-bond acceptors (Lipinski definition) is 5. The van der Waals surface area contributed by atoms with Crippen LogP contribution in [-0.2, 0) is 25.9 Å². The van der Waals surface area contributed by atoms with Gasteiger partial charge >= 0.3 is 6.18 Å². The Hall–Kier alpha value is -2.46. The van der Waals surface area contributed by atoms with Gasteiger partial charge < -0.3 is 10.2 Å². The predicted molar refractivity (Wildman–Crippen MR) is 136 cm³/mol. The average Bonchev–Trinajstić information content (AvgIpc) is 3.41. The van der Waals surface area contributed by atoms with Gasteiger partial charge in [0, 0.05) is 61.6 Å². The van der Waals surface area contributed by atoms with Crippen LogP contribution < -0.4 is 5.32 Å². The number of fused-ring (bicyclic) bond motifs is 2. The van der Waals surface area contributed by atoms with Crippen molar-refractivity contribution in [2.75, 3.05) is 20.1 Å². The van der Waals surface area contributed by atoms with Crippen molar-refractivity contribution in [2.24, 2.45) is 5.92 Å². The summed E-state index contributed by atoms with van der Waals surface area (Å²) >= 11 is 1.44. The van der Waals surface area contributed by atoms with Gasteiger partial charge in [0.1, 0.15) is 0 Å². The number of hydrogen-bond donors (Lipinski definition) is 1. The smallest absolute Gasteiger partial charge is 0.349 e. The third kappa shape index (κ3) is 6.17. The number of nitrogens with zero attached hydrogens (tertiary/aromatic N) is 3. The van der Waals surface area contributed by atoms with Gasteiger partial charge in [-0.2, -0.15) is 13.2 Å². The van der Waals surface area contributed by atoms with Gasteiger partial charge in [0.25, 0.3) is 11.8 Å². The first-order valence-corrected chi connectivity index (χ1v) is 13.9. The van der Waals surface area contributed by atoms with E-state index in [2.05, 4.69) is 15.2 Å². The number of carbonyl (C=O) groups excluding carboxylic acids is 2. The van der Waals surface area contributed by atoms with Gasteiger partial charge in [-0.25, -0.2) is 4.98 Å². The Balaban J connectivity index is 1.06. The molecule has 1 aliphatic carbocycles. The van der Waals surface area contributed by atoms with Gasteiger partial charge in [-0.3, -0.25) is 14.5 Å². The highest BCUT2D eigenvalue weighted by molar-refractivity contribution is 7.11. The molecule has 3 aliphatic rings. The molecule has 1 fully saturated rings. The SMILES string of the molecule is CN1Cc2c(C(=O)NC3CCC(CCN4CCc5sc(CCC(F)(F)F)nc5C4)CC3)cccc2C1=O. The fourth-order valence-corrected chi connectivity index (χ4v) is 6.83. The summed E-state index contributed by atoms with van der Waals surface area (Å²) in [5, 5.41) is 3.80. The van der Waals surface area contributed by atoms with E-state index in [4.69, 9.17) is 0 Å². The molecule has 1 aromatic heterocycles.